The molecular formula is C12H17NO. The number of rotatable bonds is 1. The first kappa shape index (κ1) is 9.38. The second-order valence-electron chi connectivity index (χ2n) is 4.17. The van der Waals surface area contributed by atoms with Crippen molar-refractivity contribution in [3.05, 3.63) is 23.3 Å². The van der Waals surface area contributed by atoms with E-state index in [4.69, 9.17) is 4.74 Å². The summed E-state index contributed by atoms with van der Waals surface area (Å²) in [5.74, 6) is 1.69. The van der Waals surface area contributed by atoms with E-state index in [1.807, 2.05) is 0 Å². The lowest BCUT2D eigenvalue weighted by atomic mass is 9.93. The zero-order chi connectivity index (χ0) is 10.1. The number of hydrogen-bond donors (Lipinski definition) is 1. The lowest BCUT2D eigenvalue weighted by Gasteiger charge is -2.25. The van der Waals surface area contributed by atoms with Gasteiger partial charge in [-0.1, -0.05) is 6.92 Å². The Hall–Kier alpha value is -1.18. The molecule has 1 unspecified atom stereocenters. The highest BCUT2D eigenvalue weighted by Crippen LogP contribution is 2.31. The highest BCUT2D eigenvalue weighted by molar-refractivity contribution is 5.61. The van der Waals surface area contributed by atoms with Gasteiger partial charge in [-0.05, 0) is 42.5 Å². The molecule has 1 aliphatic heterocycles. The van der Waals surface area contributed by atoms with Gasteiger partial charge in [-0.15, -0.1) is 0 Å². The van der Waals surface area contributed by atoms with Crippen molar-refractivity contribution in [1.82, 2.24) is 0 Å². The zero-order valence-electron chi connectivity index (χ0n) is 9.05. The van der Waals surface area contributed by atoms with Crippen LogP contribution in [0.2, 0.25) is 0 Å². The van der Waals surface area contributed by atoms with Crippen LogP contribution in [0.15, 0.2) is 12.1 Å². The van der Waals surface area contributed by atoms with E-state index >= 15 is 0 Å². The highest BCUT2D eigenvalue weighted by atomic mass is 16.5. The van der Waals surface area contributed by atoms with E-state index in [2.05, 4.69) is 31.3 Å². The molecule has 0 radical (unpaired) electrons. The van der Waals surface area contributed by atoms with Crippen LogP contribution in [-0.4, -0.2) is 13.7 Å². The molecule has 1 N–H and O–H groups in total. The van der Waals surface area contributed by atoms with Crippen molar-refractivity contribution in [3.8, 4) is 5.75 Å². The molecular weight excluding hydrogens is 174 g/mol. The van der Waals surface area contributed by atoms with Crippen molar-refractivity contribution in [2.24, 2.45) is 5.92 Å². The third kappa shape index (κ3) is 1.57. The molecule has 1 aromatic rings. The SMILES string of the molecule is COc1cc(C)c2c(c1)CC(C)CN2. The second kappa shape index (κ2) is 3.52. The second-order valence-corrected chi connectivity index (χ2v) is 4.17. The van der Waals surface area contributed by atoms with E-state index in [1.165, 1.54) is 16.8 Å². The third-order valence-electron chi connectivity index (χ3n) is 2.82. The summed E-state index contributed by atoms with van der Waals surface area (Å²) < 4.78 is 5.27. The fraction of sp³-hybridized carbons (Fsp3) is 0.500. The molecule has 1 aromatic carbocycles. The Balaban J connectivity index is 2.43. The van der Waals surface area contributed by atoms with Crippen molar-refractivity contribution >= 4 is 5.69 Å². The summed E-state index contributed by atoms with van der Waals surface area (Å²) in [5, 5.41) is 3.48. The maximum Gasteiger partial charge on any atom is 0.119 e. The van der Waals surface area contributed by atoms with Gasteiger partial charge < -0.3 is 10.1 Å². The van der Waals surface area contributed by atoms with E-state index in [-0.39, 0.29) is 0 Å². The van der Waals surface area contributed by atoms with Crippen LogP contribution in [0.5, 0.6) is 5.75 Å². The Kier molecular flexibility index (Phi) is 2.36. The summed E-state index contributed by atoms with van der Waals surface area (Å²) >= 11 is 0. The Morgan fingerprint density at radius 2 is 2.21 bits per heavy atom. The fourth-order valence-corrected chi connectivity index (χ4v) is 2.08. The van der Waals surface area contributed by atoms with Crippen molar-refractivity contribution in [2.45, 2.75) is 20.3 Å². The average molecular weight is 191 g/mol. The van der Waals surface area contributed by atoms with Crippen LogP contribution in [0.4, 0.5) is 5.69 Å². The first-order valence-corrected chi connectivity index (χ1v) is 5.12. The number of ether oxygens (including phenoxy) is 1. The maximum atomic E-state index is 5.27. The molecule has 76 valence electrons. The summed E-state index contributed by atoms with van der Waals surface area (Å²) in [4.78, 5) is 0. The molecule has 1 atom stereocenters. The minimum atomic E-state index is 0.717. The number of anilines is 1. The molecule has 0 spiro atoms. The van der Waals surface area contributed by atoms with Crippen LogP contribution in [0.1, 0.15) is 18.1 Å². The number of fused-ring (bicyclic) bond motifs is 1. The predicted octanol–water partition coefficient (Wildman–Crippen LogP) is 2.61. The topological polar surface area (TPSA) is 21.3 Å². The van der Waals surface area contributed by atoms with Gasteiger partial charge in [-0.25, -0.2) is 0 Å². The molecule has 0 saturated heterocycles. The smallest absolute Gasteiger partial charge is 0.119 e. The summed E-state index contributed by atoms with van der Waals surface area (Å²) in [6.45, 7) is 5.48. The standard InChI is InChI=1S/C12H17NO/c1-8-4-10-6-11(14-3)5-9(2)12(10)13-7-8/h5-6,8,13H,4,7H2,1-3H3. The van der Waals surface area contributed by atoms with Gasteiger partial charge in [-0.3, -0.25) is 0 Å². The number of aryl methyl sites for hydroxylation is 1. The zero-order valence-corrected chi connectivity index (χ0v) is 9.05. The van der Waals surface area contributed by atoms with Crippen molar-refractivity contribution in [1.29, 1.82) is 0 Å². The largest absolute Gasteiger partial charge is 0.497 e. The summed E-state index contributed by atoms with van der Waals surface area (Å²) in [6.07, 6.45) is 1.15. The number of nitrogens with one attached hydrogen (secondary N) is 1. The molecule has 0 fully saturated rings. The summed E-state index contributed by atoms with van der Waals surface area (Å²) in [6, 6.07) is 4.23. The summed E-state index contributed by atoms with van der Waals surface area (Å²) in [7, 11) is 1.72. The third-order valence-corrected chi connectivity index (χ3v) is 2.82. The monoisotopic (exact) mass is 191 g/mol. The molecule has 2 heteroatoms. The number of methoxy groups -OCH3 is 1. The van der Waals surface area contributed by atoms with Crippen LogP contribution in [0, 0.1) is 12.8 Å². The van der Waals surface area contributed by atoms with Gasteiger partial charge in [0.25, 0.3) is 0 Å². The average Bonchev–Trinajstić information content (AvgIpc) is 2.16. The Morgan fingerprint density at radius 1 is 1.43 bits per heavy atom. The quantitative estimate of drug-likeness (QED) is 0.736. The van der Waals surface area contributed by atoms with E-state index < -0.39 is 0 Å². The number of hydrogen-bond acceptors (Lipinski definition) is 2. The molecule has 0 aliphatic carbocycles. The molecule has 1 heterocycles. The molecule has 14 heavy (non-hydrogen) atoms. The highest BCUT2D eigenvalue weighted by Gasteiger charge is 2.16. The predicted molar refractivity (Wildman–Crippen MR) is 59.1 cm³/mol. The Bertz CT molecular complexity index is 346. The number of benzene rings is 1. The Labute approximate surface area is 85.3 Å². The van der Waals surface area contributed by atoms with Crippen molar-refractivity contribution in [2.75, 3.05) is 19.0 Å². The van der Waals surface area contributed by atoms with Crippen LogP contribution in [-0.2, 0) is 6.42 Å². The first-order valence-electron chi connectivity index (χ1n) is 5.12. The molecule has 0 amide bonds. The molecule has 0 aromatic heterocycles. The maximum absolute atomic E-state index is 5.27. The van der Waals surface area contributed by atoms with Gasteiger partial charge in [0.2, 0.25) is 0 Å². The first-order chi connectivity index (χ1) is 6.70. The van der Waals surface area contributed by atoms with Gasteiger partial charge in [0, 0.05) is 12.2 Å². The van der Waals surface area contributed by atoms with Crippen LogP contribution in [0.25, 0.3) is 0 Å². The van der Waals surface area contributed by atoms with Crippen LogP contribution < -0.4 is 10.1 Å². The molecule has 0 saturated carbocycles. The molecule has 2 nitrogen and oxygen atoms in total. The van der Waals surface area contributed by atoms with Gasteiger partial charge in [0.15, 0.2) is 0 Å². The fourth-order valence-electron chi connectivity index (χ4n) is 2.08. The minimum absolute atomic E-state index is 0.717. The lowest BCUT2D eigenvalue weighted by molar-refractivity contribution is 0.413. The lowest BCUT2D eigenvalue weighted by Crippen LogP contribution is -2.21. The molecule has 1 aliphatic rings. The normalized spacial score (nSPS) is 19.8. The van der Waals surface area contributed by atoms with E-state index in [1.54, 1.807) is 7.11 Å². The van der Waals surface area contributed by atoms with Gasteiger partial charge >= 0.3 is 0 Å². The van der Waals surface area contributed by atoms with Crippen LogP contribution in [0.3, 0.4) is 0 Å². The van der Waals surface area contributed by atoms with Crippen molar-refractivity contribution < 1.29 is 4.74 Å². The minimum Gasteiger partial charge on any atom is -0.497 e. The van der Waals surface area contributed by atoms with Crippen LogP contribution >= 0.6 is 0 Å². The van der Waals surface area contributed by atoms with E-state index in [9.17, 15) is 0 Å². The van der Waals surface area contributed by atoms with Crippen molar-refractivity contribution in [3.63, 3.8) is 0 Å². The van der Waals surface area contributed by atoms with Gasteiger partial charge in [0.05, 0.1) is 7.11 Å². The molecule has 0 bridgehead atoms. The summed E-state index contributed by atoms with van der Waals surface area (Å²) in [5.41, 5.74) is 3.98. The van der Waals surface area contributed by atoms with E-state index in [0.717, 1.165) is 18.7 Å². The Morgan fingerprint density at radius 3 is 2.93 bits per heavy atom. The van der Waals surface area contributed by atoms with Gasteiger partial charge in [-0.2, -0.15) is 0 Å². The molecule has 2 rings (SSSR count). The van der Waals surface area contributed by atoms with E-state index in [0.29, 0.717) is 5.92 Å². The van der Waals surface area contributed by atoms with Gasteiger partial charge in [0.1, 0.15) is 5.75 Å².